The number of likely N-dealkylation sites (N-methyl/N-ethyl adjacent to an activating group) is 1. The standard InChI is InChI=1S/C15H20N2O4/c1-3-17(11-14(19)21-2)13(18)9-10-16-15(20)12-7-5-4-6-8-12/h4-8H,3,9-11H2,1-2H3,(H,16,20). The molecule has 0 aliphatic carbocycles. The number of nitrogens with zero attached hydrogens (tertiary/aromatic N) is 1. The van der Waals surface area contributed by atoms with Gasteiger partial charge < -0.3 is 15.0 Å². The van der Waals surface area contributed by atoms with Gasteiger partial charge in [0, 0.05) is 25.1 Å². The summed E-state index contributed by atoms with van der Waals surface area (Å²) in [4.78, 5) is 36.2. The van der Waals surface area contributed by atoms with Gasteiger partial charge in [-0.05, 0) is 19.1 Å². The number of carbonyl (C=O) groups excluding carboxylic acids is 3. The Morgan fingerprint density at radius 3 is 2.43 bits per heavy atom. The predicted octanol–water partition coefficient (Wildman–Crippen LogP) is 0.828. The third-order valence-electron chi connectivity index (χ3n) is 2.94. The van der Waals surface area contributed by atoms with Gasteiger partial charge in [0.15, 0.2) is 0 Å². The van der Waals surface area contributed by atoms with Gasteiger partial charge >= 0.3 is 5.97 Å². The summed E-state index contributed by atoms with van der Waals surface area (Å²) in [6.45, 7) is 2.35. The molecule has 0 saturated heterocycles. The van der Waals surface area contributed by atoms with Crippen molar-refractivity contribution in [1.82, 2.24) is 10.2 Å². The van der Waals surface area contributed by atoms with Crippen molar-refractivity contribution in [1.29, 1.82) is 0 Å². The third kappa shape index (κ3) is 5.64. The summed E-state index contributed by atoms with van der Waals surface area (Å²) in [7, 11) is 1.28. The number of benzene rings is 1. The minimum Gasteiger partial charge on any atom is -0.468 e. The molecule has 6 heteroatoms. The molecular weight excluding hydrogens is 272 g/mol. The summed E-state index contributed by atoms with van der Waals surface area (Å²) in [5.74, 6) is -0.880. The molecule has 0 heterocycles. The van der Waals surface area contributed by atoms with Gasteiger partial charge in [0.1, 0.15) is 6.54 Å². The van der Waals surface area contributed by atoms with Crippen LogP contribution in [0.2, 0.25) is 0 Å². The third-order valence-corrected chi connectivity index (χ3v) is 2.94. The first-order valence-corrected chi connectivity index (χ1v) is 6.76. The van der Waals surface area contributed by atoms with Crippen LogP contribution in [-0.4, -0.2) is 49.4 Å². The minimum atomic E-state index is -0.460. The van der Waals surface area contributed by atoms with Crippen LogP contribution in [0.25, 0.3) is 0 Å². The van der Waals surface area contributed by atoms with Gasteiger partial charge in [0.25, 0.3) is 5.91 Å². The molecule has 0 spiro atoms. The van der Waals surface area contributed by atoms with Crippen molar-refractivity contribution in [2.75, 3.05) is 26.7 Å². The molecule has 0 saturated carbocycles. The summed E-state index contributed by atoms with van der Waals surface area (Å²) in [5.41, 5.74) is 0.548. The SMILES string of the molecule is CCN(CC(=O)OC)C(=O)CCNC(=O)c1ccccc1. The molecular formula is C15H20N2O4. The molecule has 0 unspecified atom stereocenters. The fourth-order valence-electron chi connectivity index (χ4n) is 1.73. The highest BCUT2D eigenvalue weighted by atomic mass is 16.5. The van der Waals surface area contributed by atoms with Crippen molar-refractivity contribution in [3.05, 3.63) is 35.9 Å². The van der Waals surface area contributed by atoms with Gasteiger partial charge in [0.2, 0.25) is 5.91 Å². The van der Waals surface area contributed by atoms with Crippen molar-refractivity contribution >= 4 is 17.8 Å². The normalized spacial score (nSPS) is 9.81. The first kappa shape index (κ1) is 16.7. The summed E-state index contributed by atoms with van der Waals surface area (Å²) in [5, 5.41) is 2.67. The zero-order valence-electron chi connectivity index (χ0n) is 12.3. The van der Waals surface area contributed by atoms with E-state index in [1.807, 2.05) is 6.07 Å². The molecule has 114 valence electrons. The Labute approximate surface area is 124 Å². The number of carbonyl (C=O) groups is 3. The number of nitrogens with one attached hydrogen (secondary N) is 1. The van der Waals surface area contributed by atoms with E-state index in [1.54, 1.807) is 31.2 Å². The van der Waals surface area contributed by atoms with Crippen molar-refractivity contribution in [2.24, 2.45) is 0 Å². The lowest BCUT2D eigenvalue weighted by atomic mass is 10.2. The maximum absolute atomic E-state index is 11.9. The Hall–Kier alpha value is -2.37. The number of amides is 2. The second-order valence-electron chi connectivity index (χ2n) is 4.36. The molecule has 1 rings (SSSR count). The molecule has 0 aliphatic heterocycles. The molecule has 0 aliphatic rings. The number of ether oxygens (including phenoxy) is 1. The van der Waals surface area contributed by atoms with Crippen molar-refractivity contribution in [2.45, 2.75) is 13.3 Å². The van der Waals surface area contributed by atoms with Gasteiger partial charge in [-0.25, -0.2) is 0 Å². The molecule has 6 nitrogen and oxygen atoms in total. The first-order chi connectivity index (χ1) is 10.1. The molecule has 1 aromatic carbocycles. The van der Waals surface area contributed by atoms with Gasteiger partial charge in [-0.2, -0.15) is 0 Å². The Bertz CT molecular complexity index is 488. The monoisotopic (exact) mass is 292 g/mol. The number of esters is 1. The van der Waals surface area contributed by atoms with E-state index in [4.69, 9.17) is 0 Å². The highest BCUT2D eigenvalue weighted by Gasteiger charge is 2.15. The molecule has 0 radical (unpaired) electrons. The van der Waals surface area contributed by atoms with E-state index in [9.17, 15) is 14.4 Å². The molecule has 0 aromatic heterocycles. The Morgan fingerprint density at radius 2 is 1.86 bits per heavy atom. The molecule has 0 fully saturated rings. The fraction of sp³-hybridized carbons (Fsp3) is 0.400. The second-order valence-corrected chi connectivity index (χ2v) is 4.36. The maximum atomic E-state index is 11.9. The van der Waals surface area contributed by atoms with Crippen LogP contribution in [0.4, 0.5) is 0 Å². The number of methoxy groups -OCH3 is 1. The number of rotatable bonds is 7. The molecule has 2 amide bonds. The average Bonchev–Trinajstić information content (AvgIpc) is 2.52. The van der Waals surface area contributed by atoms with E-state index in [0.29, 0.717) is 12.1 Å². The topological polar surface area (TPSA) is 75.7 Å². The summed E-state index contributed by atoms with van der Waals surface area (Å²) in [6, 6.07) is 8.77. The van der Waals surface area contributed by atoms with E-state index in [0.717, 1.165) is 0 Å². The lowest BCUT2D eigenvalue weighted by molar-refractivity contribution is -0.146. The van der Waals surface area contributed by atoms with Crippen molar-refractivity contribution < 1.29 is 19.1 Å². The van der Waals surface area contributed by atoms with E-state index >= 15 is 0 Å². The van der Waals surface area contributed by atoms with Crippen LogP contribution in [0.1, 0.15) is 23.7 Å². The van der Waals surface area contributed by atoms with Crippen LogP contribution in [0.5, 0.6) is 0 Å². The fourth-order valence-corrected chi connectivity index (χ4v) is 1.73. The van der Waals surface area contributed by atoms with Gasteiger partial charge in [-0.3, -0.25) is 14.4 Å². The highest BCUT2D eigenvalue weighted by molar-refractivity contribution is 5.94. The number of hydrogen-bond acceptors (Lipinski definition) is 4. The molecule has 21 heavy (non-hydrogen) atoms. The molecule has 1 N–H and O–H groups in total. The van der Waals surface area contributed by atoms with Crippen LogP contribution >= 0.6 is 0 Å². The highest BCUT2D eigenvalue weighted by Crippen LogP contribution is 1.99. The Balaban J connectivity index is 2.38. The largest absolute Gasteiger partial charge is 0.468 e. The van der Waals surface area contributed by atoms with Crippen LogP contribution in [0.3, 0.4) is 0 Å². The van der Waals surface area contributed by atoms with Gasteiger partial charge in [-0.15, -0.1) is 0 Å². The van der Waals surface area contributed by atoms with Gasteiger partial charge in [-0.1, -0.05) is 18.2 Å². The number of hydrogen-bond donors (Lipinski definition) is 1. The zero-order valence-corrected chi connectivity index (χ0v) is 12.3. The lowest BCUT2D eigenvalue weighted by Gasteiger charge is -2.19. The quantitative estimate of drug-likeness (QED) is 0.755. The Kier molecular flexibility index (Phi) is 6.94. The summed E-state index contributed by atoms with van der Waals surface area (Å²) < 4.78 is 4.53. The van der Waals surface area contributed by atoms with E-state index in [1.165, 1.54) is 12.0 Å². The van der Waals surface area contributed by atoms with Gasteiger partial charge in [0.05, 0.1) is 7.11 Å². The first-order valence-electron chi connectivity index (χ1n) is 6.76. The van der Waals surface area contributed by atoms with E-state index < -0.39 is 5.97 Å². The van der Waals surface area contributed by atoms with Crippen LogP contribution in [0, 0.1) is 0 Å². The van der Waals surface area contributed by atoms with Crippen LogP contribution in [-0.2, 0) is 14.3 Å². The zero-order chi connectivity index (χ0) is 15.7. The second kappa shape index (κ2) is 8.73. The molecule has 0 atom stereocenters. The van der Waals surface area contributed by atoms with E-state index in [-0.39, 0.29) is 31.3 Å². The maximum Gasteiger partial charge on any atom is 0.325 e. The summed E-state index contributed by atoms with van der Waals surface area (Å²) in [6.07, 6.45) is 0.142. The van der Waals surface area contributed by atoms with Crippen molar-refractivity contribution in [3.63, 3.8) is 0 Å². The van der Waals surface area contributed by atoms with Crippen LogP contribution < -0.4 is 5.32 Å². The molecule has 1 aromatic rings. The minimum absolute atomic E-state index is 0.0710. The predicted molar refractivity (Wildman–Crippen MR) is 77.7 cm³/mol. The lowest BCUT2D eigenvalue weighted by Crippen LogP contribution is -2.38. The van der Waals surface area contributed by atoms with Crippen LogP contribution in [0.15, 0.2) is 30.3 Å². The smallest absolute Gasteiger partial charge is 0.325 e. The van der Waals surface area contributed by atoms with Crippen molar-refractivity contribution in [3.8, 4) is 0 Å². The van der Waals surface area contributed by atoms with E-state index in [2.05, 4.69) is 10.1 Å². The average molecular weight is 292 g/mol. The summed E-state index contributed by atoms with van der Waals surface area (Å²) >= 11 is 0. The molecule has 0 bridgehead atoms. The Morgan fingerprint density at radius 1 is 1.19 bits per heavy atom.